The molecule has 1 fully saturated rings. The fourth-order valence-electron chi connectivity index (χ4n) is 2.98. The summed E-state index contributed by atoms with van der Waals surface area (Å²) in [5, 5.41) is 2.92. The van der Waals surface area contributed by atoms with Crippen molar-refractivity contribution in [1.29, 1.82) is 0 Å². The number of aryl methyl sites for hydroxylation is 1. The van der Waals surface area contributed by atoms with E-state index in [0.717, 1.165) is 37.1 Å². The molecule has 138 valence electrons. The Morgan fingerprint density at radius 1 is 1.19 bits per heavy atom. The summed E-state index contributed by atoms with van der Waals surface area (Å²) in [5.74, 6) is 1.86. The van der Waals surface area contributed by atoms with E-state index in [1.165, 1.54) is 0 Å². The second kappa shape index (κ2) is 8.12. The molecule has 0 spiro atoms. The Morgan fingerprint density at radius 2 is 1.96 bits per heavy atom. The Hall–Kier alpha value is -2.70. The molecule has 0 saturated carbocycles. The third-order valence-corrected chi connectivity index (χ3v) is 4.34. The molecule has 0 atom stereocenters. The van der Waals surface area contributed by atoms with Crippen molar-refractivity contribution in [3.05, 3.63) is 41.2 Å². The van der Waals surface area contributed by atoms with Crippen molar-refractivity contribution in [1.82, 2.24) is 20.3 Å². The number of hydrogen-bond acceptors (Lipinski definition) is 6. The summed E-state index contributed by atoms with van der Waals surface area (Å²) in [5.41, 5.74) is 2.16. The van der Waals surface area contributed by atoms with Crippen molar-refractivity contribution in [2.75, 3.05) is 37.0 Å². The molecule has 1 aromatic heterocycles. The van der Waals surface area contributed by atoms with Crippen LogP contribution in [0.25, 0.3) is 0 Å². The third-order valence-electron chi connectivity index (χ3n) is 4.34. The smallest absolute Gasteiger partial charge is 0.230 e. The van der Waals surface area contributed by atoms with E-state index >= 15 is 0 Å². The zero-order valence-electron chi connectivity index (χ0n) is 15.7. The maximum Gasteiger partial charge on any atom is 0.230 e. The first-order valence-corrected chi connectivity index (χ1v) is 9.01. The van der Waals surface area contributed by atoms with Gasteiger partial charge in [0.05, 0.1) is 13.0 Å². The van der Waals surface area contributed by atoms with Crippen LogP contribution in [0.2, 0.25) is 0 Å². The lowest BCUT2D eigenvalue weighted by Crippen LogP contribution is -2.28. The molecule has 0 aliphatic carbocycles. The molecule has 1 amide bonds. The van der Waals surface area contributed by atoms with Crippen molar-refractivity contribution >= 4 is 17.8 Å². The highest BCUT2D eigenvalue weighted by atomic mass is 16.1. The SMILES string of the molecule is Cc1cccc(CC(=O)NCc2nc(N(C)C)nc(N3CCCC3)n2)c1. The van der Waals surface area contributed by atoms with Crippen molar-refractivity contribution < 1.29 is 4.79 Å². The van der Waals surface area contributed by atoms with Crippen molar-refractivity contribution in [3.63, 3.8) is 0 Å². The minimum atomic E-state index is -0.0369. The zero-order valence-corrected chi connectivity index (χ0v) is 15.7. The van der Waals surface area contributed by atoms with Gasteiger partial charge in [0.2, 0.25) is 17.8 Å². The first-order chi connectivity index (χ1) is 12.5. The minimum absolute atomic E-state index is 0.0369. The fraction of sp³-hybridized carbons (Fsp3) is 0.474. The maximum atomic E-state index is 12.3. The highest BCUT2D eigenvalue weighted by molar-refractivity contribution is 5.78. The van der Waals surface area contributed by atoms with Gasteiger partial charge in [-0.25, -0.2) is 0 Å². The van der Waals surface area contributed by atoms with Crippen molar-refractivity contribution in [2.45, 2.75) is 32.7 Å². The summed E-state index contributed by atoms with van der Waals surface area (Å²) in [4.78, 5) is 29.8. The normalized spacial score (nSPS) is 13.7. The van der Waals surface area contributed by atoms with Gasteiger partial charge in [-0.1, -0.05) is 29.8 Å². The van der Waals surface area contributed by atoms with Crippen LogP contribution in [-0.2, 0) is 17.8 Å². The van der Waals surface area contributed by atoms with E-state index in [0.29, 0.717) is 30.7 Å². The van der Waals surface area contributed by atoms with Crippen LogP contribution in [0.15, 0.2) is 24.3 Å². The molecular formula is C19H26N6O. The number of nitrogens with one attached hydrogen (secondary N) is 1. The van der Waals surface area contributed by atoms with Gasteiger partial charge in [-0.3, -0.25) is 4.79 Å². The third kappa shape index (κ3) is 4.68. The Balaban J connectivity index is 1.67. The van der Waals surface area contributed by atoms with E-state index in [4.69, 9.17) is 0 Å². The Bertz CT molecular complexity index is 770. The molecule has 1 aliphatic heterocycles. The molecule has 3 rings (SSSR count). The van der Waals surface area contributed by atoms with E-state index in [1.54, 1.807) is 0 Å². The van der Waals surface area contributed by atoms with Gasteiger partial charge in [0.1, 0.15) is 0 Å². The number of anilines is 2. The van der Waals surface area contributed by atoms with Crippen LogP contribution in [0.5, 0.6) is 0 Å². The van der Waals surface area contributed by atoms with E-state index in [9.17, 15) is 4.79 Å². The van der Waals surface area contributed by atoms with Gasteiger partial charge < -0.3 is 15.1 Å². The summed E-state index contributed by atoms with van der Waals surface area (Å²) in [6.07, 6.45) is 2.67. The predicted octanol–water partition coefficient (Wildman–Crippen LogP) is 1.71. The first kappa shape index (κ1) is 18.1. The molecule has 2 heterocycles. The Kier molecular flexibility index (Phi) is 5.65. The van der Waals surface area contributed by atoms with Crippen LogP contribution in [-0.4, -0.2) is 48.0 Å². The standard InChI is InChI=1S/C19H26N6O/c1-14-7-6-8-15(11-14)12-17(26)20-13-16-21-18(24(2)3)23-19(22-16)25-9-4-5-10-25/h6-8,11H,4-5,9-10,12-13H2,1-3H3,(H,20,26). The van der Waals surface area contributed by atoms with Gasteiger partial charge in [0, 0.05) is 27.2 Å². The molecule has 1 aliphatic rings. The number of amides is 1. The van der Waals surface area contributed by atoms with Gasteiger partial charge in [-0.15, -0.1) is 0 Å². The topological polar surface area (TPSA) is 74.2 Å². The highest BCUT2D eigenvalue weighted by Gasteiger charge is 2.18. The fourth-order valence-corrected chi connectivity index (χ4v) is 2.98. The maximum absolute atomic E-state index is 12.3. The first-order valence-electron chi connectivity index (χ1n) is 9.01. The summed E-state index contributed by atoms with van der Waals surface area (Å²) < 4.78 is 0. The van der Waals surface area contributed by atoms with Crippen molar-refractivity contribution in [2.24, 2.45) is 0 Å². The second-order valence-electron chi connectivity index (χ2n) is 6.88. The van der Waals surface area contributed by atoms with E-state index in [2.05, 4.69) is 25.2 Å². The number of benzene rings is 1. The Labute approximate surface area is 154 Å². The number of aromatic nitrogens is 3. The van der Waals surface area contributed by atoms with E-state index < -0.39 is 0 Å². The minimum Gasteiger partial charge on any atom is -0.349 e. The van der Waals surface area contributed by atoms with Gasteiger partial charge in [-0.2, -0.15) is 15.0 Å². The number of hydrogen-bond donors (Lipinski definition) is 1. The monoisotopic (exact) mass is 354 g/mol. The van der Waals surface area contributed by atoms with Crippen LogP contribution in [0.3, 0.4) is 0 Å². The number of rotatable bonds is 6. The average Bonchev–Trinajstić information content (AvgIpc) is 3.14. The van der Waals surface area contributed by atoms with Crippen LogP contribution in [0.4, 0.5) is 11.9 Å². The molecule has 1 N–H and O–H groups in total. The number of carbonyl (C=O) groups excluding carboxylic acids is 1. The predicted molar refractivity (Wildman–Crippen MR) is 102 cm³/mol. The molecule has 0 bridgehead atoms. The van der Waals surface area contributed by atoms with E-state index in [-0.39, 0.29) is 5.91 Å². The molecule has 2 aromatic rings. The largest absolute Gasteiger partial charge is 0.349 e. The second-order valence-corrected chi connectivity index (χ2v) is 6.88. The lowest BCUT2D eigenvalue weighted by atomic mass is 10.1. The van der Waals surface area contributed by atoms with Gasteiger partial charge in [-0.05, 0) is 25.3 Å². The lowest BCUT2D eigenvalue weighted by molar-refractivity contribution is -0.120. The van der Waals surface area contributed by atoms with Gasteiger partial charge >= 0.3 is 0 Å². The summed E-state index contributed by atoms with van der Waals surface area (Å²) in [7, 11) is 3.81. The van der Waals surface area contributed by atoms with Crippen LogP contribution in [0, 0.1) is 6.92 Å². The van der Waals surface area contributed by atoms with Crippen molar-refractivity contribution in [3.8, 4) is 0 Å². The molecule has 1 saturated heterocycles. The molecule has 0 radical (unpaired) electrons. The molecular weight excluding hydrogens is 328 g/mol. The molecule has 7 nitrogen and oxygen atoms in total. The zero-order chi connectivity index (χ0) is 18.5. The summed E-state index contributed by atoms with van der Waals surface area (Å²) in [6.45, 7) is 4.26. The van der Waals surface area contributed by atoms with Crippen LogP contribution < -0.4 is 15.1 Å². The number of nitrogens with zero attached hydrogens (tertiary/aromatic N) is 5. The average molecular weight is 354 g/mol. The van der Waals surface area contributed by atoms with Gasteiger partial charge in [0.15, 0.2) is 5.82 Å². The molecule has 0 unspecified atom stereocenters. The van der Waals surface area contributed by atoms with E-state index in [1.807, 2.05) is 50.2 Å². The Morgan fingerprint density at radius 3 is 2.65 bits per heavy atom. The van der Waals surface area contributed by atoms with Gasteiger partial charge in [0.25, 0.3) is 0 Å². The molecule has 7 heteroatoms. The molecule has 1 aromatic carbocycles. The van der Waals surface area contributed by atoms with Crippen LogP contribution >= 0.6 is 0 Å². The number of carbonyl (C=O) groups is 1. The summed E-state index contributed by atoms with van der Waals surface area (Å²) >= 11 is 0. The lowest BCUT2D eigenvalue weighted by Gasteiger charge is -2.19. The molecule has 26 heavy (non-hydrogen) atoms. The quantitative estimate of drug-likeness (QED) is 0.851. The summed E-state index contributed by atoms with van der Waals surface area (Å²) in [6, 6.07) is 7.98. The highest BCUT2D eigenvalue weighted by Crippen LogP contribution is 2.18. The van der Waals surface area contributed by atoms with Crippen LogP contribution in [0.1, 0.15) is 29.8 Å².